The number of rotatable bonds is 4. The Bertz CT molecular complexity index is 1380. The van der Waals surface area contributed by atoms with E-state index in [1.807, 2.05) is 90.4 Å². The first-order valence-electron chi connectivity index (χ1n) is 10.0. The number of amides is 1. The largest absolute Gasteiger partial charge is 0.321 e. The molecule has 0 unspecified atom stereocenters. The lowest BCUT2D eigenvalue weighted by Gasteiger charge is -2.06. The number of nitrogens with zero attached hydrogens (tertiary/aromatic N) is 4. The summed E-state index contributed by atoms with van der Waals surface area (Å²) in [7, 11) is 1.77. The van der Waals surface area contributed by atoms with Crippen LogP contribution < -0.4 is 5.32 Å². The number of benzene rings is 2. The average Bonchev–Trinajstić information content (AvgIpc) is 3.40. The summed E-state index contributed by atoms with van der Waals surface area (Å²) in [4.78, 5) is 17.5. The van der Waals surface area contributed by atoms with Crippen molar-refractivity contribution in [3.05, 3.63) is 96.4 Å². The van der Waals surface area contributed by atoms with Gasteiger partial charge in [-0.1, -0.05) is 48.5 Å². The maximum Gasteiger partial charge on any atom is 0.273 e. The van der Waals surface area contributed by atoms with Gasteiger partial charge in [-0.15, -0.1) is 0 Å². The van der Waals surface area contributed by atoms with Crippen LogP contribution in [-0.2, 0) is 7.05 Å². The molecule has 2 aromatic carbocycles. The highest BCUT2D eigenvalue weighted by molar-refractivity contribution is 6.03. The van der Waals surface area contributed by atoms with Crippen molar-refractivity contribution in [1.29, 1.82) is 0 Å². The van der Waals surface area contributed by atoms with Gasteiger partial charge >= 0.3 is 0 Å². The summed E-state index contributed by atoms with van der Waals surface area (Å²) < 4.78 is 3.62. The summed E-state index contributed by atoms with van der Waals surface area (Å²) >= 11 is 0. The number of fused-ring (bicyclic) bond motifs is 1. The Morgan fingerprint density at radius 2 is 1.65 bits per heavy atom. The second-order valence-electron chi connectivity index (χ2n) is 7.48. The Kier molecular flexibility index (Phi) is 4.59. The van der Waals surface area contributed by atoms with Crippen LogP contribution in [0, 0.1) is 6.92 Å². The molecule has 3 aromatic heterocycles. The summed E-state index contributed by atoms with van der Waals surface area (Å²) in [6, 6.07) is 23.4. The molecule has 6 nitrogen and oxygen atoms in total. The van der Waals surface area contributed by atoms with E-state index in [1.54, 1.807) is 17.8 Å². The first-order chi connectivity index (χ1) is 15.1. The molecule has 3 heterocycles. The van der Waals surface area contributed by atoms with E-state index in [9.17, 15) is 4.79 Å². The number of imidazole rings is 1. The zero-order chi connectivity index (χ0) is 21.4. The molecule has 31 heavy (non-hydrogen) atoms. The van der Waals surface area contributed by atoms with Crippen molar-refractivity contribution in [2.45, 2.75) is 6.92 Å². The van der Waals surface area contributed by atoms with Gasteiger partial charge < -0.3 is 9.72 Å². The first-order valence-corrected chi connectivity index (χ1v) is 10.0. The minimum atomic E-state index is -0.201. The van der Waals surface area contributed by atoms with Crippen LogP contribution in [0.4, 0.5) is 5.69 Å². The molecule has 5 rings (SSSR count). The maximum atomic E-state index is 12.8. The third-order valence-electron chi connectivity index (χ3n) is 5.30. The zero-order valence-electron chi connectivity index (χ0n) is 17.3. The normalized spacial score (nSPS) is 11.0. The number of carbonyl (C=O) groups excluding carboxylic acids is 1. The van der Waals surface area contributed by atoms with Crippen LogP contribution in [0.5, 0.6) is 0 Å². The van der Waals surface area contributed by atoms with Crippen LogP contribution in [0.15, 0.2) is 85.2 Å². The van der Waals surface area contributed by atoms with Crippen molar-refractivity contribution >= 4 is 17.2 Å². The Morgan fingerprint density at radius 1 is 0.903 bits per heavy atom. The van der Waals surface area contributed by atoms with E-state index >= 15 is 0 Å². The van der Waals surface area contributed by atoms with Crippen LogP contribution in [0.3, 0.4) is 0 Å². The van der Waals surface area contributed by atoms with Crippen LogP contribution in [0.2, 0.25) is 0 Å². The quantitative estimate of drug-likeness (QED) is 0.458. The summed E-state index contributed by atoms with van der Waals surface area (Å²) in [5.74, 6) is -0.201. The highest BCUT2D eigenvalue weighted by Crippen LogP contribution is 2.23. The Balaban J connectivity index is 1.35. The SMILES string of the molecule is Cc1cccn2cc(-c3ccc(NC(=O)c4cc(-c5ccccc5)nn4C)cc3)nc12. The smallest absolute Gasteiger partial charge is 0.273 e. The molecular formula is C25H21N5O. The van der Waals surface area contributed by atoms with Gasteiger partial charge in [-0.3, -0.25) is 9.48 Å². The minimum absolute atomic E-state index is 0.201. The minimum Gasteiger partial charge on any atom is -0.321 e. The van der Waals surface area contributed by atoms with Crippen LogP contribution in [0.1, 0.15) is 16.1 Å². The molecule has 0 saturated carbocycles. The predicted octanol–water partition coefficient (Wildman–Crippen LogP) is 4.96. The molecule has 0 aliphatic carbocycles. The van der Waals surface area contributed by atoms with Gasteiger partial charge in [0, 0.05) is 36.3 Å². The molecule has 6 heteroatoms. The topological polar surface area (TPSA) is 64.2 Å². The number of carbonyl (C=O) groups is 1. The van der Waals surface area contributed by atoms with Crippen molar-refractivity contribution in [3.63, 3.8) is 0 Å². The fourth-order valence-corrected chi connectivity index (χ4v) is 3.64. The second-order valence-corrected chi connectivity index (χ2v) is 7.48. The van der Waals surface area contributed by atoms with Crippen LogP contribution in [0.25, 0.3) is 28.2 Å². The molecule has 0 fully saturated rings. The van der Waals surface area contributed by atoms with Gasteiger partial charge in [0.1, 0.15) is 11.3 Å². The van der Waals surface area contributed by atoms with Crippen LogP contribution >= 0.6 is 0 Å². The van der Waals surface area contributed by atoms with Crippen molar-refractivity contribution < 1.29 is 4.79 Å². The molecule has 152 valence electrons. The van der Waals surface area contributed by atoms with E-state index in [-0.39, 0.29) is 5.91 Å². The monoisotopic (exact) mass is 407 g/mol. The molecule has 0 radical (unpaired) electrons. The molecule has 1 N–H and O–H groups in total. The molecule has 0 aliphatic rings. The van der Waals surface area contributed by atoms with E-state index in [1.165, 1.54) is 0 Å². The molecule has 0 aliphatic heterocycles. The van der Waals surface area contributed by atoms with E-state index in [2.05, 4.69) is 10.4 Å². The van der Waals surface area contributed by atoms with E-state index in [0.717, 1.165) is 39.4 Å². The van der Waals surface area contributed by atoms with E-state index in [4.69, 9.17) is 4.98 Å². The van der Waals surface area contributed by atoms with Gasteiger partial charge in [0.2, 0.25) is 0 Å². The lowest BCUT2D eigenvalue weighted by atomic mass is 10.1. The van der Waals surface area contributed by atoms with Gasteiger partial charge in [0.25, 0.3) is 5.91 Å². The standard InChI is InChI=1S/C25H21N5O/c1-17-7-6-14-30-16-22(27-24(17)30)19-10-12-20(13-11-19)26-25(31)23-15-21(28-29(23)2)18-8-4-3-5-9-18/h3-16H,1-2H3,(H,26,31). The average molecular weight is 407 g/mol. The number of hydrogen-bond acceptors (Lipinski definition) is 3. The number of anilines is 1. The molecule has 1 amide bonds. The van der Waals surface area contributed by atoms with E-state index < -0.39 is 0 Å². The Morgan fingerprint density at radius 3 is 2.39 bits per heavy atom. The lowest BCUT2D eigenvalue weighted by molar-refractivity contribution is 0.101. The molecular weight excluding hydrogens is 386 g/mol. The van der Waals surface area contributed by atoms with Gasteiger partial charge in [0.15, 0.2) is 0 Å². The fraction of sp³-hybridized carbons (Fsp3) is 0.0800. The third-order valence-corrected chi connectivity index (χ3v) is 5.30. The number of hydrogen-bond donors (Lipinski definition) is 1. The fourth-order valence-electron chi connectivity index (χ4n) is 3.64. The summed E-state index contributed by atoms with van der Waals surface area (Å²) in [6.07, 6.45) is 4.00. The third kappa shape index (κ3) is 3.59. The van der Waals surface area contributed by atoms with Crippen molar-refractivity contribution in [2.75, 3.05) is 5.32 Å². The van der Waals surface area contributed by atoms with Gasteiger partial charge in [-0.2, -0.15) is 5.10 Å². The summed E-state index contributed by atoms with van der Waals surface area (Å²) in [6.45, 7) is 2.05. The zero-order valence-corrected chi connectivity index (χ0v) is 17.3. The second kappa shape index (κ2) is 7.57. The van der Waals surface area contributed by atoms with Crippen LogP contribution in [-0.4, -0.2) is 25.1 Å². The number of aromatic nitrogens is 4. The van der Waals surface area contributed by atoms with Crippen molar-refractivity contribution in [3.8, 4) is 22.5 Å². The molecule has 5 aromatic rings. The summed E-state index contributed by atoms with van der Waals surface area (Å²) in [5.41, 5.74) is 6.92. The molecule has 0 atom stereocenters. The number of aryl methyl sites for hydroxylation is 2. The molecule has 0 bridgehead atoms. The van der Waals surface area contributed by atoms with Gasteiger partial charge in [-0.25, -0.2) is 4.98 Å². The van der Waals surface area contributed by atoms with Crippen molar-refractivity contribution in [2.24, 2.45) is 7.05 Å². The highest BCUT2D eigenvalue weighted by atomic mass is 16.2. The molecule has 0 spiro atoms. The first kappa shape index (κ1) is 18.8. The number of pyridine rings is 1. The lowest BCUT2D eigenvalue weighted by Crippen LogP contribution is -2.15. The molecule has 0 saturated heterocycles. The number of nitrogens with one attached hydrogen (secondary N) is 1. The summed E-state index contributed by atoms with van der Waals surface area (Å²) in [5, 5.41) is 7.42. The highest BCUT2D eigenvalue weighted by Gasteiger charge is 2.15. The maximum absolute atomic E-state index is 12.8. The van der Waals surface area contributed by atoms with E-state index in [0.29, 0.717) is 5.69 Å². The Hall–Kier alpha value is -4.19. The van der Waals surface area contributed by atoms with Gasteiger partial charge in [0.05, 0.1) is 11.4 Å². The van der Waals surface area contributed by atoms with Crippen molar-refractivity contribution in [1.82, 2.24) is 19.2 Å². The van der Waals surface area contributed by atoms with Gasteiger partial charge in [-0.05, 0) is 36.8 Å². The Labute approximate surface area is 179 Å². The predicted molar refractivity (Wildman–Crippen MR) is 122 cm³/mol.